The van der Waals surface area contributed by atoms with Gasteiger partial charge < -0.3 is 20.6 Å². The van der Waals surface area contributed by atoms with Crippen LogP contribution in [0.1, 0.15) is 39.2 Å². The Bertz CT molecular complexity index is 1150. The molecule has 0 radical (unpaired) electrons. The first-order valence-electron chi connectivity index (χ1n) is 11.5. The van der Waals surface area contributed by atoms with Crippen LogP contribution in [-0.2, 0) is 17.9 Å². The number of halogens is 1. The Morgan fingerprint density at radius 3 is 2.68 bits per heavy atom. The molecule has 0 saturated heterocycles. The smallest absolute Gasteiger partial charge is 0.288 e. The lowest BCUT2D eigenvalue weighted by Gasteiger charge is -2.65. The van der Waals surface area contributed by atoms with Crippen molar-refractivity contribution in [1.29, 1.82) is 0 Å². The van der Waals surface area contributed by atoms with Gasteiger partial charge in [-0.2, -0.15) is 5.10 Å². The highest BCUT2D eigenvalue weighted by Gasteiger charge is 2.62. The summed E-state index contributed by atoms with van der Waals surface area (Å²) in [5.74, 6) is 0.338. The Morgan fingerprint density at radius 2 is 2.03 bits per heavy atom. The first-order chi connectivity index (χ1) is 15.9. The van der Waals surface area contributed by atoms with Crippen molar-refractivity contribution in [1.82, 2.24) is 20.1 Å². The first-order valence-corrected chi connectivity index (χ1v) is 11.9. The molecule has 2 heterocycles. The summed E-state index contributed by atoms with van der Waals surface area (Å²) >= 11 is 6.36. The summed E-state index contributed by atoms with van der Waals surface area (Å²) in [6, 6.07) is 1.61. The van der Waals surface area contributed by atoms with Crippen LogP contribution in [-0.4, -0.2) is 51.5 Å². The number of fused-ring (bicyclic) bond motifs is 2. The molecule has 5 rings (SSSR count). The number of hydrogen-bond donors (Lipinski definition) is 3. The van der Waals surface area contributed by atoms with Gasteiger partial charge in [-0.25, -0.2) is 4.68 Å². The SMILES string of the molecule is CN(C)c1cnccc1CNC(=O)Cn1ncc(N[C@@H]2C[C@H]3C[C@H](C3(C)C)[C@]2(C)O)c(Cl)c1=O. The van der Waals surface area contributed by atoms with Crippen LogP contribution in [0.2, 0.25) is 5.02 Å². The van der Waals surface area contributed by atoms with Gasteiger partial charge in [-0.15, -0.1) is 0 Å². The fourth-order valence-electron chi connectivity index (χ4n) is 5.60. The highest BCUT2D eigenvalue weighted by Crippen LogP contribution is 2.63. The standard InChI is InChI=1S/C24H33ClN6O3/c1-23(2)15-8-18(23)24(3,34)19(9-15)29-16-11-28-31(22(33)21(16)25)13-20(32)27-10-14-6-7-26-12-17(14)30(4)5/h6-7,11-12,15,18-19,29,34H,8-10,13H2,1-5H3,(H,27,32)/t15-,18-,19-,24+/m1/s1. The molecule has 34 heavy (non-hydrogen) atoms. The van der Waals surface area contributed by atoms with Crippen molar-refractivity contribution in [3.05, 3.63) is 45.6 Å². The van der Waals surface area contributed by atoms with Crippen molar-refractivity contribution >= 4 is 28.9 Å². The van der Waals surface area contributed by atoms with E-state index in [0.717, 1.165) is 28.8 Å². The summed E-state index contributed by atoms with van der Waals surface area (Å²) in [4.78, 5) is 31.3. The molecule has 3 fully saturated rings. The van der Waals surface area contributed by atoms with E-state index < -0.39 is 11.2 Å². The van der Waals surface area contributed by atoms with Crippen LogP contribution < -0.4 is 21.1 Å². The zero-order valence-corrected chi connectivity index (χ0v) is 21.1. The molecular formula is C24H33ClN6O3. The van der Waals surface area contributed by atoms with Gasteiger partial charge in [0, 0.05) is 26.8 Å². The number of rotatable bonds is 7. The molecule has 0 spiro atoms. The van der Waals surface area contributed by atoms with E-state index in [1.165, 1.54) is 6.20 Å². The van der Waals surface area contributed by atoms with Gasteiger partial charge >= 0.3 is 0 Å². The van der Waals surface area contributed by atoms with Crippen LogP contribution in [0.4, 0.5) is 11.4 Å². The van der Waals surface area contributed by atoms with E-state index >= 15 is 0 Å². The Labute approximate surface area is 204 Å². The Kier molecular flexibility index (Phi) is 6.37. The van der Waals surface area contributed by atoms with Gasteiger partial charge in [-0.3, -0.25) is 14.6 Å². The molecule has 4 atom stereocenters. The number of aromatic nitrogens is 3. The van der Waals surface area contributed by atoms with E-state index in [9.17, 15) is 14.7 Å². The minimum atomic E-state index is -0.922. The Hall–Kier alpha value is -2.65. The molecule has 9 nitrogen and oxygen atoms in total. The van der Waals surface area contributed by atoms with Crippen LogP contribution >= 0.6 is 11.6 Å². The monoisotopic (exact) mass is 488 g/mol. The summed E-state index contributed by atoms with van der Waals surface area (Å²) < 4.78 is 1.04. The van der Waals surface area contributed by atoms with Gasteiger partial charge in [0.05, 0.1) is 35.4 Å². The van der Waals surface area contributed by atoms with Crippen molar-refractivity contribution in [2.24, 2.45) is 17.3 Å². The minimum absolute atomic E-state index is 0.0406. The lowest BCUT2D eigenvalue weighted by atomic mass is 9.43. The van der Waals surface area contributed by atoms with Crippen LogP contribution in [0.5, 0.6) is 0 Å². The largest absolute Gasteiger partial charge is 0.388 e. The fraction of sp³-hybridized carbons (Fsp3) is 0.583. The second-order valence-corrected chi connectivity index (χ2v) is 10.9. The van der Waals surface area contributed by atoms with E-state index in [0.29, 0.717) is 18.2 Å². The van der Waals surface area contributed by atoms with E-state index in [2.05, 4.69) is 34.6 Å². The molecule has 1 amide bonds. The third-order valence-corrected chi connectivity index (χ3v) is 8.22. The first kappa shape index (κ1) is 24.5. The van der Waals surface area contributed by atoms with Crippen molar-refractivity contribution in [3.8, 4) is 0 Å². The van der Waals surface area contributed by atoms with Crippen LogP contribution in [0.25, 0.3) is 0 Å². The molecule has 2 aromatic rings. The minimum Gasteiger partial charge on any atom is -0.388 e. The molecule has 2 aromatic heterocycles. The summed E-state index contributed by atoms with van der Waals surface area (Å²) in [5.41, 5.74) is 0.808. The predicted molar refractivity (Wildman–Crippen MR) is 132 cm³/mol. The van der Waals surface area contributed by atoms with Gasteiger partial charge in [0.25, 0.3) is 5.56 Å². The van der Waals surface area contributed by atoms with E-state index in [-0.39, 0.29) is 34.8 Å². The van der Waals surface area contributed by atoms with Crippen molar-refractivity contribution < 1.29 is 9.90 Å². The van der Waals surface area contributed by atoms with Crippen molar-refractivity contribution in [2.75, 3.05) is 24.3 Å². The fourth-order valence-corrected chi connectivity index (χ4v) is 5.80. The molecule has 184 valence electrons. The second-order valence-electron chi connectivity index (χ2n) is 10.5. The average Bonchev–Trinajstić information content (AvgIpc) is 2.77. The molecule has 3 N–H and O–H groups in total. The number of carbonyl (C=O) groups is 1. The number of carbonyl (C=O) groups excluding carboxylic acids is 1. The molecule has 10 heteroatoms. The van der Waals surface area contributed by atoms with E-state index in [1.54, 1.807) is 12.4 Å². The number of aliphatic hydroxyl groups is 1. The van der Waals surface area contributed by atoms with Gasteiger partial charge in [-0.1, -0.05) is 25.4 Å². The quantitative estimate of drug-likeness (QED) is 0.548. The topological polar surface area (TPSA) is 112 Å². The summed E-state index contributed by atoms with van der Waals surface area (Å²) in [5, 5.41) is 21.4. The maximum atomic E-state index is 12.8. The van der Waals surface area contributed by atoms with Crippen molar-refractivity contribution in [3.63, 3.8) is 0 Å². The number of hydrogen-bond acceptors (Lipinski definition) is 7. The third kappa shape index (κ3) is 4.27. The van der Waals surface area contributed by atoms with Crippen LogP contribution in [0.3, 0.4) is 0 Å². The van der Waals surface area contributed by atoms with Crippen LogP contribution in [0.15, 0.2) is 29.5 Å². The van der Waals surface area contributed by atoms with Crippen molar-refractivity contribution in [2.45, 2.75) is 58.3 Å². The Balaban J connectivity index is 1.41. The van der Waals surface area contributed by atoms with Gasteiger partial charge in [-0.05, 0) is 48.6 Å². The molecule has 0 aliphatic heterocycles. The highest BCUT2D eigenvalue weighted by atomic mass is 35.5. The van der Waals surface area contributed by atoms with Gasteiger partial charge in [0.2, 0.25) is 5.91 Å². The number of pyridine rings is 1. The second kappa shape index (κ2) is 8.85. The number of anilines is 2. The maximum absolute atomic E-state index is 12.8. The lowest BCUT2D eigenvalue weighted by Crippen LogP contribution is -2.68. The summed E-state index contributed by atoms with van der Waals surface area (Å²) in [6.45, 7) is 6.30. The van der Waals surface area contributed by atoms with Gasteiger partial charge in [0.15, 0.2) is 0 Å². The molecule has 3 aliphatic carbocycles. The molecule has 2 bridgehead atoms. The molecule has 0 unspecified atom stereocenters. The predicted octanol–water partition coefficient (Wildman–Crippen LogP) is 2.27. The van der Waals surface area contributed by atoms with Gasteiger partial charge in [0.1, 0.15) is 11.6 Å². The molecule has 3 aliphatic rings. The normalized spacial score (nSPS) is 27.0. The summed E-state index contributed by atoms with van der Waals surface area (Å²) in [6.07, 6.45) is 6.65. The average molecular weight is 489 g/mol. The highest BCUT2D eigenvalue weighted by molar-refractivity contribution is 6.32. The van der Waals surface area contributed by atoms with E-state index in [4.69, 9.17) is 11.6 Å². The lowest BCUT2D eigenvalue weighted by molar-refractivity contribution is -0.199. The summed E-state index contributed by atoms with van der Waals surface area (Å²) in [7, 11) is 3.81. The number of nitrogens with one attached hydrogen (secondary N) is 2. The van der Waals surface area contributed by atoms with E-state index in [1.807, 2.05) is 32.0 Å². The molecule has 0 aromatic carbocycles. The maximum Gasteiger partial charge on any atom is 0.288 e. The van der Waals surface area contributed by atoms with Crippen LogP contribution in [0, 0.1) is 17.3 Å². The number of nitrogens with zero attached hydrogens (tertiary/aromatic N) is 4. The molecule has 3 saturated carbocycles. The third-order valence-electron chi connectivity index (χ3n) is 7.86. The zero-order valence-electron chi connectivity index (χ0n) is 20.3. The zero-order chi connectivity index (χ0) is 24.8. The molecular weight excluding hydrogens is 456 g/mol. The number of amides is 1. The Morgan fingerprint density at radius 1 is 1.29 bits per heavy atom.